The molecule has 1 aromatic carbocycles. The van der Waals surface area contributed by atoms with Crippen molar-refractivity contribution in [2.24, 2.45) is 17.8 Å². The Kier molecular flexibility index (Phi) is 16.5. The van der Waals surface area contributed by atoms with E-state index < -0.39 is 0 Å². The molecule has 0 spiro atoms. The number of unbranched alkanes of at least 4 members (excludes halogenated alkanes) is 2. The average Bonchev–Trinajstić information content (AvgIpc) is 2.86. The number of ketones is 4. The van der Waals surface area contributed by atoms with Crippen LogP contribution in [-0.4, -0.2) is 23.1 Å². The van der Waals surface area contributed by atoms with Crippen LogP contribution in [-0.2, 0) is 27.2 Å². The highest BCUT2D eigenvalue weighted by Crippen LogP contribution is 2.40. The van der Waals surface area contributed by atoms with Crippen LogP contribution in [0.3, 0.4) is 0 Å². The van der Waals surface area contributed by atoms with Crippen LogP contribution in [0.4, 0.5) is 0 Å². The van der Waals surface area contributed by atoms with Gasteiger partial charge in [0.15, 0.2) is 5.78 Å². The van der Waals surface area contributed by atoms with Crippen molar-refractivity contribution in [2.45, 2.75) is 152 Å². The van der Waals surface area contributed by atoms with Gasteiger partial charge in [-0.05, 0) is 79.5 Å². The van der Waals surface area contributed by atoms with E-state index in [4.69, 9.17) is 0 Å². The lowest BCUT2D eigenvalue weighted by atomic mass is 9.70. The molecule has 4 heteroatoms. The van der Waals surface area contributed by atoms with Crippen molar-refractivity contribution in [3.05, 3.63) is 33.9 Å². The lowest BCUT2D eigenvalue weighted by Crippen LogP contribution is -2.30. The van der Waals surface area contributed by atoms with E-state index in [1.54, 1.807) is 0 Å². The maximum atomic E-state index is 13.6. The van der Waals surface area contributed by atoms with Crippen LogP contribution >= 0.6 is 0 Å². The number of rotatable bonds is 16. The first-order valence-electron chi connectivity index (χ1n) is 16.2. The normalized spacial score (nSPS) is 16.1. The van der Waals surface area contributed by atoms with Gasteiger partial charge in [-0.2, -0.15) is 0 Å². The second-order valence-corrected chi connectivity index (χ2v) is 12.5. The zero-order valence-corrected chi connectivity index (χ0v) is 27.2. The van der Waals surface area contributed by atoms with Gasteiger partial charge in [-0.25, -0.2) is 0 Å². The van der Waals surface area contributed by atoms with E-state index in [0.717, 1.165) is 73.6 Å². The lowest BCUT2D eigenvalue weighted by Gasteiger charge is -2.33. The lowest BCUT2D eigenvalue weighted by molar-refractivity contribution is -0.130. The number of carbonyl (C=O) groups is 4. The van der Waals surface area contributed by atoms with Gasteiger partial charge in [0.25, 0.3) is 0 Å². The third kappa shape index (κ3) is 10.7. The third-order valence-electron chi connectivity index (χ3n) is 8.29. The van der Waals surface area contributed by atoms with E-state index in [1.807, 2.05) is 13.8 Å². The standard InChI is InChI=1S/C33H50O4.C3H8/c1-8-11-12-14-27(35)19-26-20-29(21(4)5)30-17-24(18-32(37)33(30)23(26)7)16-25(13-9-2)28(10-3)31(36)15-22(6)34;1-3-2/h20-21,24-25,28H,8-19H2,1-7H3;3H2,1-2H3. The zero-order valence-electron chi connectivity index (χ0n) is 27.2. The summed E-state index contributed by atoms with van der Waals surface area (Å²) in [5.41, 5.74) is 5.21. The van der Waals surface area contributed by atoms with Gasteiger partial charge < -0.3 is 0 Å². The Labute approximate surface area is 245 Å². The second kappa shape index (κ2) is 18.4. The predicted molar refractivity (Wildman–Crippen MR) is 167 cm³/mol. The minimum Gasteiger partial charge on any atom is -0.300 e. The fourth-order valence-corrected chi connectivity index (χ4v) is 6.46. The molecule has 0 fully saturated rings. The summed E-state index contributed by atoms with van der Waals surface area (Å²) in [7, 11) is 0. The number of carbonyl (C=O) groups excluding carboxylic acids is 4. The van der Waals surface area contributed by atoms with Gasteiger partial charge in [0.2, 0.25) is 0 Å². The fraction of sp³-hybridized carbons (Fsp3) is 0.722. The minimum absolute atomic E-state index is 0.0157. The first-order valence-corrected chi connectivity index (χ1v) is 16.2. The van der Waals surface area contributed by atoms with Gasteiger partial charge >= 0.3 is 0 Å². The molecular formula is C36H58O4. The largest absolute Gasteiger partial charge is 0.300 e. The van der Waals surface area contributed by atoms with Gasteiger partial charge in [0, 0.05) is 30.7 Å². The van der Waals surface area contributed by atoms with Crippen molar-refractivity contribution in [1.29, 1.82) is 0 Å². The molecule has 0 aromatic heterocycles. The van der Waals surface area contributed by atoms with E-state index in [0.29, 0.717) is 19.3 Å². The van der Waals surface area contributed by atoms with Crippen LogP contribution in [0.15, 0.2) is 6.07 Å². The maximum absolute atomic E-state index is 13.6. The monoisotopic (exact) mass is 554 g/mol. The molecule has 40 heavy (non-hydrogen) atoms. The van der Waals surface area contributed by atoms with Crippen LogP contribution in [0, 0.1) is 24.7 Å². The Morgan fingerprint density at radius 1 is 0.975 bits per heavy atom. The van der Waals surface area contributed by atoms with Crippen molar-refractivity contribution < 1.29 is 19.2 Å². The number of Topliss-reactive ketones (excluding diaryl/α,β-unsaturated/α-hetero) is 4. The zero-order chi connectivity index (χ0) is 30.4. The molecule has 0 amide bonds. The molecule has 1 aromatic rings. The highest BCUT2D eigenvalue weighted by Gasteiger charge is 2.34. The summed E-state index contributed by atoms with van der Waals surface area (Å²) < 4.78 is 0. The number of hydrogen-bond acceptors (Lipinski definition) is 4. The number of benzene rings is 1. The quantitative estimate of drug-likeness (QED) is 0.151. The molecule has 1 aliphatic carbocycles. The molecule has 0 saturated carbocycles. The summed E-state index contributed by atoms with van der Waals surface area (Å²) >= 11 is 0. The van der Waals surface area contributed by atoms with Gasteiger partial charge in [-0.1, -0.05) is 86.6 Å². The first-order chi connectivity index (χ1) is 18.9. The van der Waals surface area contributed by atoms with Crippen LogP contribution in [0.1, 0.15) is 165 Å². The highest BCUT2D eigenvalue weighted by molar-refractivity contribution is 6.01. The molecule has 0 bridgehead atoms. The fourth-order valence-electron chi connectivity index (χ4n) is 6.46. The van der Waals surface area contributed by atoms with Crippen molar-refractivity contribution in [2.75, 3.05) is 0 Å². The van der Waals surface area contributed by atoms with Gasteiger partial charge in [0.1, 0.15) is 17.3 Å². The van der Waals surface area contributed by atoms with Crippen molar-refractivity contribution in [1.82, 2.24) is 0 Å². The second-order valence-electron chi connectivity index (χ2n) is 12.5. The molecule has 1 aliphatic rings. The maximum Gasteiger partial charge on any atom is 0.163 e. The molecule has 0 radical (unpaired) electrons. The molecule has 226 valence electrons. The van der Waals surface area contributed by atoms with Gasteiger partial charge in [0.05, 0.1) is 6.42 Å². The SMILES string of the molecule is CCC.CCCCCC(=O)Cc1cc(C(C)C)c2c(c1C)C(=O)CC(CC(CCC)C(CC)C(=O)CC(C)=O)C2. The van der Waals surface area contributed by atoms with E-state index in [-0.39, 0.29) is 53.2 Å². The molecule has 3 unspecified atom stereocenters. The average molecular weight is 555 g/mol. The molecule has 4 nitrogen and oxygen atoms in total. The van der Waals surface area contributed by atoms with Crippen LogP contribution < -0.4 is 0 Å². The molecule has 2 rings (SSSR count). The van der Waals surface area contributed by atoms with E-state index in [9.17, 15) is 19.2 Å². The Bertz CT molecular complexity index is 987. The highest BCUT2D eigenvalue weighted by atomic mass is 16.1. The molecule has 3 atom stereocenters. The first kappa shape index (κ1) is 35.9. The number of hydrogen-bond donors (Lipinski definition) is 0. The van der Waals surface area contributed by atoms with Gasteiger partial charge in [-0.15, -0.1) is 0 Å². The Balaban J connectivity index is 0.00000254. The minimum atomic E-state index is -0.118. The van der Waals surface area contributed by atoms with Crippen LogP contribution in [0.25, 0.3) is 0 Å². The van der Waals surface area contributed by atoms with E-state index in [2.05, 4.69) is 47.6 Å². The summed E-state index contributed by atoms with van der Waals surface area (Å²) in [6.45, 7) is 18.4. The van der Waals surface area contributed by atoms with E-state index in [1.165, 1.54) is 18.9 Å². The van der Waals surface area contributed by atoms with Crippen molar-refractivity contribution in [3.63, 3.8) is 0 Å². The molecule has 0 saturated heterocycles. The smallest absolute Gasteiger partial charge is 0.163 e. The summed E-state index contributed by atoms with van der Waals surface area (Å²) in [6, 6.07) is 2.20. The summed E-state index contributed by atoms with van der Waals surface area (Å²) in [4.78, 5) is 50.8. The summed E-state index contributed by atoms with van der Waals surface area (Å²) in [5.74, 6) is 0.980. The Morgan fingerprint density at radius 2 is 1.62 bits per heavy atom. The Hall–Kier alpha value is -2.10. The topological polar surface area (TPSA) is 68.3 Å². The molecular weight excluding hydrogens is 496 g/mol. The molecule has 0 aliphatic heterocycles. The molecule has 0 N–H and O–H groups in total. The van der Waals surface area contributed by atoms with Gasteiger partial charge in [-0.3, -0.25) is 19.2 Å². The number of fused-ring (bicyclic) bond motifs is 1. The summed E-state index contributed by atoms with van der Waals surface area (Å²) in [6.07, 6.45) is 10.2. The molecule has 0 heterocycles. The van der Waals surface area contributed by atoms with Crippen molar-refractivity contribution >= 4 is 23.1 Å². The predicted octanol–water partition coefficient (Wildman–Crippen LogP) is 9.35. The Morgan fingerprint density at radius 3 is 2.15 bits per heavy atom. The van der Waals surface area contributed by atoms with E-state index >= 15 is 0 Å². The van der Waals surface area contributed by atoms with Crippen LogP contribution in [0.5, 0.6) is 0 Å². The third-order valence-corrected chi connectivity index (χ3v) is 8.29. The summed E-state index contributed by atoms with van der Waals surface area (Å²) in [5, 5.41) is 0. The van der Waals surface area contributed by atoms with Crippen LogP contribution in [0.2, 0.25) is 0 Å². The van der Waals surface area contributed by atoms with Crippen molar-refractivity contribution in [3.8, 4) is 0 Å².